The number of hydrogen-bond donors (Lipinski definition) is 0. The highest BCUT2D eigenvalue weighted by atomic mass is 127. The number of ether oxygens (including phenoxy) is 1. The molecule has 1 aromatic heterocycles. The van der Waals surface area contributed by atoms with Crippen LogP contribution >= 0.6 is 22.6 Å². The lowest BCUT2D eigenvalue weighted by atomic mass is 10.4. The minimum Gasteiger partial charge on any atom is -0.480 e. The molecule has 0 spiro atoms. The predicted molar refractivity (Wildman–Crippen MR) is 50.2 cm³/mol. The molecule has 1 heterocycles. The fraction of sp³-hybridized carbons (Fsp3) is 0.167. The molecule has 5 nitrogen and oxygen atoms in total. The van der Waals surface area contributed by atoms with Gasteiger partial charge in [-0.05, 0) is 22.6 Å². The summed E-state index contributed by atoms with van der Waals surface area (Å²) in [7, 11) is 1.47. The van der Waals surface area contributed by atoms with Crippen LogP contribution < -0.4 is 4.74 Å². The van der Waals surface area contributed by atoms with E-state index in [0.29, 0.717) is 9.45 Å². The zero-order chi connectivity index (χ0) is 9.14. The molecule has 12 heavy (non-hydrogen) atoms. The summed E-state index contributed by atoms with van der Waals surface area (Å²) in [6.45, 7) is 0. The second-order valence-corrected chi connectivity index (χ2v) is 3.10. The van der Waals surface area contributed by atoms with Crippen LogP contribution in [0.4, 0.5) is 5.69 Å². The van der Waals surface area contributed by atoms with Crippen molar-refractivity contribution in [3.05, 3.63) is 25.9 Å². The lowest BCUT2D eigenvalue weighted by Gasteiger charge is -1.99. The highest BCUT2D eigenvalue weighted by Gasteiger charge is 2.09. The Kier molecular flexibility index (Phi) is 2.79. The first-order chi connectivity index (χ1) is 5.65. The summed E-state index contributed by atoms with van der Waals surface area (Å²) in [4.78, 5) is 13.5. The smallest absolute Gasteiger partial charge is 0.288 e. The van der Waals surface area contributed by atoms with Gasteiger partial charge in [0, 0.05) is 6.07 Å². The molecule has 0 amide bonds. The zero-order valence-corrected chi connectivity index (χ0v) is 8.31. The third-order valence-electron chi connectivity index (χ3n) is 1.20. The molecule has 0 bridgehead atoms. The lowest BCUT2D eigenvalue weighted by molar-refractivity contribution is -0.385. The molecule has 0 saturated heterocycles. The number of nitro groups is 1. The van der Waals surface area contributed by atoms with Gasteiger partial charge in [0.25, 0.3) is 5.69 Å². The van der Waals surface area contributed by atoms with Crippen LogP contribution in [0, 0.1) is 13.7 Å². The second-order valence-electron chi connectivity index (χ2n) is 1.94. The maximum atomic E-state index is 10.3. The molecule has 6 heteroatoms. The average Bonchev–Trinajstić information content (AvgIpc) is 2.04. The van der Waals surface area contributed by atoms with Gasteiger partial charge < -0.3 is 4.74 Å². The van der Waals surface area contributed by atoms with E-state index in [2.05, 4.69) is 4.98 Å². The van der Waals surface area contributed by atoms with Crippen LogP contribution in [-0.2, 0) is 0 Å². The van der Waals surface area contributed by atoms with Gasteiger partial charge in [-0.2, -0.15) is 0 Å². The van der Waals surface area contributed by atoms with Crippen LogP contribution in [0.2, 0.25) is 0 Å². The maximum absolute atomic E-state index is 10.3. The van der Waals surface area contributed by atoms with Crippen molar-refractivity contribution < 1.29 is 9.66 Å². The molecule has 1 aromatic rings. The van der Waals surface area contributed by atoms with Crippen molar-refractivity contribution >= 4 is 28.3 Å². The van der Waals surface area contributed by atoms with Gasteiger partial charge in [0.2, 0.25) is 5.88 Å². The van der Waals surface area contributed by atoms with E-state index in [0.717, 1.165) is 0 Å². The Morgan fingerprint density at radius 1 is 1.75 bits per heavy atom. The van der Waals surface area contributed by atoms with E-state index in [1.165, 1.54) is 19.4 Å². The summed E-state index contributed by atoms with van der Waals surface area (Å²) in [6, 6.07) is 1.41. The van der Waals surface area contributed by atoms with E-state index in [4.69, 9.17) is 4.74 Å². The van der Waals surface area contributed by atoms with Gasteiger partial charge in [-0.1, -0.05) is 0 Å². The van der Waals surface area contributed by atoms with Gasteiger partial charge in [0.05, 0.1) is 15.6 Å². The zero-order valence-electron chi connectivity index (χ0n) is 6.15. The summed E-state index contributed by atoms with van der Waals surface area (Å²) in [5, 5.41) is 10.3. The molecule has 0 radical (unpaired) electrons. The van der Waals surface area contributed by atoms with Crippen molar-refractivity contribution in [3.63, 3.8) is 0 Å². The van der Waals surface area contributed by atoms with Crippen molar-refractivity contribution in [1.29, 1.82) is 0 Å². The number of methoxy groups -OCH3 is 1. The van der Waals surface area contributed by atoms with Crippen molar-refractivity contribution in [1.82, 2.24) is 4.98 Å². The Balaban J connectivity index is 3.10. The Hall–Kier alpha value is -0.920. The maximum Gasteiger partial charge on any atom is 0.288 e. The minimum absolute atomic E-state index is 0.0276. The topological polar surface area (TPSA) is 65.3 Å². The van der Waals surface area contributed by atoms with E-state index in [1.807, 2.05) is 22.6 Å². The first kappa shape index (κ1) is 9.17. The molecule has 0 aliphatic rings. The molecule has 0 atom stereocenters. The van der Waals surface area contributed by atoms with E-state index in [9.17, 15) is 10.1 Å². The average molecular weight is 280 g/mol. The molecule has 0 unspecified atom stereocenters. The Morgan fingerprint density at radius 3 is 2.83 bits per heavy atom. The van der Waals surface area contributed by atoms with E-state index in [-0.39, 0.29) is 5.69 Å². The predicted octanol–water partition coefficient (Wildman–Crippen LogP) is 1.60. The summed E-state index contributed by atoms with van der Waals surface area (Å²) in [5.74, 6) is 0.404. The number of rotatable bonds is 2. The quantitative estimate of drug-likeness (QED) is 0.469. The first-order valence-corrected chi connectivity index (χ1v) is 4.07. The molecule has 0 aromatic carbocycles. The fourth-order valence-electron chi connectivity index (χ4n) is 0.665. The molecule has 0 N–H and O–H groups in total. The SMILES string of the molecule is COc1ncc([N+](=O)[O-])cc1I. The third kappa shape index (κ3) is 1.81. The molecule has 0 aliphatic heterocycles. The molecule has 0 aliphatic carbocycles. The van der Waals surface area contributed by atoms with Crippen LogP contribution in [0.1, 0.15) is 0 Å². The van der Waals surface area contributed by atoms with E-state index >= 15 is 0 Å². The summed E-state index contributed by atoms with van der Waals surface area (Å²) in [5.41, 5.74) is -0.0276. The van der Waals surface area contributed by atoms with Gasteiger partial charge >= 0.3 is 0 Å². The van der Waals surface area contributed by atoms with Gasteiger partial charge in [-0.25, -0.2) is 4.98 Å². The standard InChI is InChI=1S/C6H5IN2O3/c1-12-6-5(7)2-4(3-8-6)9(10)11/h2-3H,1H3. The highest BCUT2D eigenvalue weighted by Crippen LogP contribution is 2.21. The Morgan fingerprint density at radius 2 is 2.42 bits per heavy atom. The van der Waals surface area contributed by atoms with Crippen molar-refractivity contribution in [2.45, 2.75) is 0 Å². The molecular weight excluding hydrogens is 275 g/mol. The largest absolute Gasteiger partial charge is 0.480 e. The van der Waals surface area contributed by atoms with Crippen molar-refractivity contribution in [3.8, 4) is 5.88 Å². The fourth-order valence-corrected chi connectivity index (χ4v) is 1.34. The molecule has 1 rings (SSSR count). The molecular formula is C6H5IN2O3. The van der Waals surface area contributed by atoms with Gasteiger partial charge in [0.1, 0.15) is 6.20 Å². The summed E-state index contributed by atoms with van der Waals surface area (Å²) in [6.07, 6.45) is 1.17. The van der Waals surface area contributed by atoms with E-state index < -0.39 is 4.92 Å². The molecule has 0 fully saturated rings. The summed E-state index contributed by atoms with van der Waals surface area (Å²) < 4.78 is 5.47. The van der Waals surface area contributed by atoms with Crippen molar-refractivity contribution in [2.24, 2.45) is 0 Å². The Labute approximate surface area is 82.0 Å². The van der Waals surface area contributed by atoms with Gasteiger partial charge in [-0.3, -0.25) is 10.1 Å². The van der Waals surface area contributed by atoms with E-state index in [1.54, 1.807) is 0 Å². The van der Waals surface area contributed by atoms with Crippen molar-refractivity contribution in [2.75, 3.05) is 7.11 Å². The molecule has 0 saturated carbocycles. The number of hydrogen-bond acceptors (Lipinski definition) is 4. The number of aromatic nitrogens is 1. The number of nitrogens with zero attached hydrogens (tertiary/aromatic N) is 2. The minimum atomic E-state index is -0.491. The lowest BCUT2D eigenvalue weighted by Crippen LogP contribution is -1.94. The second kappa shape index (κ2) is 3.65. The van der Waals surface area contributed by atoms with Crippen LogP contribution in [0.25, 0.3) is 0 Å². The normalized spacial score (nSPS) is 9.50. The van der Waals surface area contributed by atoms with Crippen LogP contribution in [-0.4, -0.2) is 17.0 Å². The van der Waals surface area contributed by atoms with Crippen LogP contribution in [0.5, 0.6) is 5.88 Å². The Bertz CT molecular complexity index is 316. The van der Waals surface area contributed by atoms with Crippen LogP contribution in [0.15, 0.2) is 12.3 Å². The highest BCUT2D eigenvalue weighted by molar-refractivity contribution is 14.1. The number of pyridine rings is 1. The van der Waals surface area contributed by atoms with Gasteiger partial charge in [0.15, 0.2) is 0 Å². The number of halogens is 1. The van der Waals surface area contributed by atoms with Gasteiger partial charge in [-0.15, -0.1) is 0 Å². The molecule has 64 valence electrons. The summed E-state index contributed by atoms with van der Waals surface area (Å²) >= 11 is 1.93. The van der Waals surface area contributed by atoms with Crippen LogP contribution in [0.3, 0.4) is 0 Å². The first-order valence-electron chi connectivity index (χ1n) is 2.99. The third-order valence-corrected chi connectivity index (χ3v) is 1.97. The monoisotopic (exact) mass is 280 g/mol.